The van der Waals surface area contributed by atoms with Crippen molar-refractivity contribution >= 4 is 10.0 Å². The zero-order chi connectivity index (χ0) is 15.3. The molecule has 114 valence electrons. The Morgan fingerprint density at radius 2 is 1.85 bits per heavy atom. The number of nitrogens with two attached hydrogens (primary N) is 1. The fourth-order valence-electron chi connectivity index (χ4n) is 2.06. The van der Waals surface area contributed by atoms with Crippen LogP contribution in [0.1, 0.15) is 23.1 Å². The van der Waals surface area contributed by atoms with Gasteiger partial charge in [0.1, 0.15) is 0 Å². The molecule has 0 radical (unpaired) electrons. The Labute approximate surface area is 122 Å². The maximum Gasteiger partial charge on any atom is 0.240 e. The Bertz CT molecular complexity index is 554. The molecular formula is C14H25N3O2S. The summed E-state index contributed by atoms with van der Waals surface area (Å²) in [6.45, 7) is 5.38. The molecule has 6 heteroatoms. The van der Waals surface area contributed by atoms with Crippen molar-refractivity contribution in [1.82, 2.24) is 9.62 Å². The molecule has 0 heterocycles. The molecule has 0 saturated carbocycles. The minimum atomic E-state index is -3.46. The van der Waals surface area contributed by atoms with Crippen molar-refractivity contribution in [3.05, 3.63) is 28.8 Å². The zero-order valence-corrected chi connectivity index (χ0v) is 13.5. The Hall–Kier alpha value is -0.950. The summed E-state index contributed by atoms with van der Waals surface area (Å²) in [4.78, 5) is 2.35. The summed E-state index contributed by atoms with van der Waals surface area (Å²) in [7, 11) is 0.467. The number of rotatable bonds is 7. The van der Waals surface area contributed by atoms with Gasteiger partial charge in [0.05, 0.1) is 4.90 Å². The van der Waals surface area contributed by atoms with Crippen molar-refractivity contribution in [1.29, 1.82) is 0 Å². The van der Waals surface area contributed by atoms with Crippen molar-refractivity contribution in [2.24, 2.45) is 5.73 Å². The number of nitrogens with one attached hydrogen (secondary N) is 1. The molecule has 0 aliphatic carbocycles. The van der Waals surface area contributed by atoms with E-state index in [1.165, 1.54) is 0 Å². The highest BCUT2D eigenvalue weighted by molar-refractivity contribution is 7.89. The highest BCUT2D eigenvalue weighted by atomic mass is 32.2. The van der Waals surface area contributed by atoms with Gasteiger partial charge in [-0.15, -0.1) is 0 Å². The lowest BCUT2D eigenvalue weighted by Gasteiger charge is -2.14. The van der Waals surface area contributed by atoms with E-state index in [2.05, 4.69) is 4.72 Å². The minimum absolute atomic E-state index is 0.327. The van der Waals surface area contributed by atoms with Gasteiger partial charge in [-0.2, -0.15) is 0 Å². The monoisotopic (exact) mass is 299 g/mol. The van der Waals surface area contributed by atoms with Crippen molar-refractivity contribution in [2.75, 3.05) is 27.2 Å². The standard InChI is InChI=1S/C14H25N3O2S/c1-11-8-12(2)14(9-13(11)10-15)20(18,19)16-6-5-7-17(3)4/h8-9,16H,5-7,10,15H2,1-4H3. The third-order valence-corrected chi connectivity index (χ3v) is 4.82. The summed E-state index contributed by atoms with van der Waals surface area (Å²) in [6.07, 6.45) is 0.779. The molecule has 0 atom stereocenters. The smallest absolute Gasteiger partial charge is 0.240 e. The number of hydrogen-bond acceptors (Lipinski definition) is 4. The average Bonchev–Trinajstić information content (AvgIpc) is 2.34. The maximum absolute atomic E-state index is 12.3. The van der Waals surface area contributed by atoms with Crippen LogP contribution in [0.25, 0.3) is 0 Å². The third kappa shape index (κ3) is 4.56. The van der Waals surface area contributed by atoms with Crippen LogP contribution in [-0.4, -0.2) is 40.5 Å². The van der Waals surface area contributed by atoms with Crippen molar-refractivity contribution < 1.29 is 8.42 Å². The molecule has 0 aliphatic heterocycles. The second-order valence-electron chi connectivity index (χ2n) is 5.30. The van der Waals surface area contributed by atoms with Gasteiger partial charge in [0.2, 0.25) is 10.0 Å². The Morgan fingerprint density at radius 1 is 1.20 bits per heavy atom. The first-order chi connectivity index (χ1) is 9.27. The fourth-order valence-corrected chi connectivity index (χ4v) is 3.41. The molecule has 0 aliphatic rings. The predicted molar refractivity (Wildman–Crippen MR) is 82.2 cm³/mol. The maximum atomic E-state index is 12.3. The molecule has 0 amide bonds. The van der Waals surface area contributed by atoms with E-state index in [4.69, 9.17) is 5.73 Å². The summed E-state index contributed by atoms with van der Waals surface area (Å²) >= 11 is 0. The van der Waals surface area contributed by atoms with Crippen LogP contribution in [0.2, 0.25) is 0 Å². The van der Waals surface area contributed by atoms with E-state index in [0.717, 1.165) is 29.7 Å². The van der Waals surface area contributed by atoms with E-state index in [-0.39, 0.29) is 0 Å². The molecule has 0 bridgehead atoms. The van der Waals surface area contributed by atoms with E-state index < -0.39 is 10.0 Å². The predicted octanol–water partition coefficient (Wildman–Crippen LogP) is 0.992. The van der Waals surface area contributed by atoms with Gasteiger partial charge in [0.15, 0.2) is 0 Å². The van der Waals surface area contributed by atoms with Crippen LogP contribution in [-0.2, 0) is 16.6 Å². The Balaban J connectivity index is 2.87. The normalized spacial score (nSPS) is 12.1. The summed E-state index contributed by atoms with van der Waals surface area (Å²) in [5.41, 5.74) is 8.29. The van der Waals surface area contributed by atoms with Crippen LogP contribution < -0.4 is 10.5 Å². The van der Waals surface area contributed by atoms with Gasteiger partial charge in [0.25, 0.3) is 0 Å². The molecule has 1 rings (SSSR count). The number of aryl methyl sites for hydroxylation is 2. The van der Waals surface area contributed by atoms with Crippen molar-refractivity contribution in [3.63, 3.8) is 0 Å². The lowest BCUT2D eigenvalue weighted by atomic mass is 10.1. The summed E-state index contributed by atoms with van der Waals surface area (Å²) < 4.78 is 27.3. The third-order valence-electron chi connectivity index (χ3n) is 3.22. The quantitative estimate of drug-likeness (QED) is 0.736. The lowest BCUT2D eigenvalue weighted by molar-refractivity contribution is 0.400. The first-order valence-corrected chi connectivity index (χ1v) is 8.21. The highest BCUT2D eigenvalue weighted by Gasteiger charge is 2.17. The van der Waals surface area contributed by atoms with Gasteiger partial charge in [0, 0.05) is 13.1 Å². The first-order valence-electron chi connectivity index (χ1n) is 6.72. The van der Waals surface area contributed by atoms with E-state index in [1.807, 2.05) is 38.9 Å². The second kappa shape index (κ2) is 7.17. The van der Waals surface area contributed by atoms with E-state index >= 15 is 0 Å². The molecule has 0 aromatic heterocycles. The molecule has 0 saturated heterocycles. The molecule has 3 N–H and O–H groups in total. The number of sulfonamides is 1. The van der Waals surface area contributed by atoms with Gasteiger partial charge in [-0.25, -0.2) is 13.1 Å². The van der Waals surface area contributed by atoms with Crippen LogP contribution in [0.4, 0.5) is 0 Å². The van der Waals surface area contributed by atoms with Gasteiger partial charge in [-0.05, 0) is 63.7 Å². The molecule has 0 spiro atoms. The second-order valence-corrected chi connectivity index (χ2v) is 7.04. The van der Waals surface area contributed by atoms with Gasteiger partial charge in [-0.3, -0.25) is 0 Å². The topological polar surface area (TPSA) is 75.4 Å². The molecule has 1 aromatic carbocycles. The van der Waals surface area contributed by atoms with Crippen molar-refractivity contribution in [3.8, 4) is 0 Å². The number of benzene rings is 1. The van der Waals surface area contributed by atoms with Crippen LogP contribution in [0.15, 0.2) is 17.0 Å². The van der Waals surface area contributed by atoms with E-state index in [9.17, 15) is 8.42 Å². The van der Waals surface area contributed by atoms with E-state index in [0.29, 0.717) is 18.0 Å². The Morgan fingerprint density at radius 3 is 2.40 bits per heavy atom. The van der Waals surface area contributed by atoms with Crippen LogP contribution in [0, 0.1) is 13.8 Å². The minimum Gasteiger partial charge on any atom is -0.326 e. The molecule has 0 unspecified atom stereocenters. The number of nitrogens with zero attached hydrogens (tertiary/aromatic N) is 1. The van der Waals surface area contributed by atoms with Gasteiger partial charge >= 0.3 is 0 Å². The summed E-state index contributed by atoms with van der Waals surface area (Å²) in [5.74, 6) is 0. The largest absolute Gasteiger partial charge is 0.326 e. The molecule has 20 heavy (non-hydrogen) atoms. The lowest BCUT2D eigenvalue weighted by Crippen LogP contribution is -2.28. The molecule has 0 fully saturated rings. The SMILES string of the molecule is Cc1cc(C)c(S(=O)(=O)NCCCN(C)C)cc1CN. The van der Waals surface area contributed by atoms with Crippen molar-refractivity contribution in [2.45, 2.75) is 31.7 Å². The van der Waals surface area contributed by atoms with Crippen LogP contribution in [0.3, 0.4) is 0 Å². The summed E-state index contributed by atoms with van der Waals surface area (Å²) in [6, 6.07) is 3.55. The average molecular weight is 299 g/mol. The highest BCUT2D eigenvalue weighted by Crippen LogP contribution is 2.20. The number of hydrogen-bond donors (Lipinski definition) is 2. The van der Waals surface area contributed by atoms with Crippen LogP contribution >= 0.6 is 0 Å². The van der Waals surface area contributed by atoms with E-state index in [1.54, 1.807) is 6.07 Å². The molecule has 5 nitrogen and oxygen atoms in total. The Kier molecular flexibility index (Phi) is 6.13. The summed E-state index contributed by atoms with van der Waals surface area (Å²) in [5, 5.41) is 0. The fraction of sp³-hybridized carbons (Fsp3) is 0.571. The molecule has 1 aromatic rings. The van der Waals surface area contributed by atoms with Crippen LogP contribution in [0.5, 0.6) is 0 Å². The first kappa shape index (κ1) is 17.1. The van der Waals surface area contributed by atoms with Gasteiger partial charge < -0.3 is 10.6 Å². The van der Waals surface area contributed by atoms with Gasteiger partial charge in [-0.1, -0.05) is 6.07 Å². The zero-order valence-electron chi connectivity index (χ0n) is 12.7. The molecular weight excluding hydrogens is 274 g/mol.